The molecule has 7 heteroatoms. The van der Waals surface area contributed by atoms with E-state index < -0.39 is 4.92 Å². The molecule has 6 nitrogen and oxygen atoms in total. The fourth-order valence-electron chi connectivity index (χ4n) is 0.966. The third-order valence-corrected chi connectivity index (χ3v) is 2.80. The Balaban J connectivity index is 2.86. The molecule has 82 valence electrons. The van der Waals surface area contributed by atoms with Crippen LogP contribution in [0.2, 0.25) is 0 Å². The summed E-state index contributed by atoms with van der Waals surface area (Å²) in [6.07, 6.45) is 3.28. The minimum Gasteiger partial charge on any atom is -0.378 e. The van der Waals surface area contributed by atoms with Gasteiger partial charge in [-0.25, -0.2) is 9.97 Å². The van der Waals surface area contributed by atoms with E-state index in [1.165, 1.54) is 18.1 Å². The van der Waals surface area contributed by atoms with Gasteiger partial charge in [0.1, 0.15) is 6.33 Å². The Morgan fingerprint density at radius 3 is 2.93 bits per heavy atom. The molecule has 0 aliphatic rings. The molecule has 1 aromatic heterocycles. The molecule has 2 N–H and O–H groups in total. The van der Waals surface area contributed by atoms with Gasteiger partial charge in [-0.1, -0.05) is 25.1 Å². The monoisotopic (exact) mass is 228 g/mol. The molecule has 0 aliphatic heterocycles. The maximum atomic E-state index is 10.7. The molecule has 0 unspecified atom stereocenters. The summed E-state index contributed by atoms with van der Waals surface area (Å²) < 4.78 is 0. The second-order valence-electron chi connectivity index (χ2n) is 2.87. The van der Waals surface area contributed by atoms with Crippen LogP contribution < -0.4 is 5.73 Å². The third-order valence-electron chi connectivity index (χ3n) is 1.74. The van der Waals surface area contributed by atoms with Gasteiger partial charge in [0.2, 0.25) is 5.82 Å². The number of nitrogens with zero attached hydrogens (tertiary/aromatic N) is 3. The number of thioether (sulfide) groups is 1. The highest BCUT2D eigenvalue weighted by atomic mass is 32.2. The first-order valence-corrected chi connectivity index (χ1v) is 5.53. The van der Waals surface area contributed by atoms with Crippen molar-refractivity contribution in [3.05, 3.63) is 16.4 Å². The number of rotatable bonds is 5. The standard InChI is InChI=1S/C8H12N4O2S/c1-2-3-4-15-8-6(12(13)14)7(9)10-5-11-8/h5H,2-4H2,1H3,(H2,9,10,11). The summed E-state index contributed by atoms with van der Waals surface area (Å²) in [5.41, 5.74) is 5.24. The zero-order chi connectivity index (χ0) is 11.3. The third kappa shape index (κ3) is 3.05. The van der Waals surface area contributed by atoms with Gasteiger partial charge in [0.15, 0.2) is 5.03 Å². The van der Waals surface area contributed by atoms with Crippen molar-refractivity contribution in [2.75, 3.05) is 11.5 Å². The second kappa shape index (κ2) is 5.50. The van der Waals surface area contributed by atoms with Crippen LogP contribution in [0.1, 0.15) is 19.8 Å². The molecule has 0 fully saturated rings. The van der Waals surface area contributed by atoms with Crippen molar-refractivity contribution in [1.82, 2.24) is 9.97 Å². The molecule has 0 saturated heterocycles. The van der Waals surface area contributed by atoms with Gasteiger partial charge in [0, 0.05) is 0 Å². The molecule has 1 heterocycles. The van der Waals surface area contributed by atoms with Gasteiger partial charge >= 0.3 is 5.69 Å². The van der Waals surface area contributed by atoms with Crippen molar-refractivity contribution in [3.63, 3.8) is 0 Å². The molecule has 0 radical (unpaired) electrons. The fraction of sp³-hybridized carbons (Fsp3) is 0.500. The SMILES string of the molecule is CCCCSc1ncnc(N)c1[N+](=O)[O-]. The van der Waals surface area contributed by atoms with Gasteiger partial charge in [0.25, 0.3) is 0 Å². The summed E-state index contributed by atoms with van der Waals surface area (Å²) in [6.45, 7) is 2.06. The summed E-state index contributed by atoms with van der Waals surface area (Å²) in [4.78, 5) is 17.6. The average molecular weight is 228 g/mol. The number of hydrogen-bond donors (Lipinski definition) is 1. The number of anilines is 1. The van der Waals surface area contributed by atoms with Crippen LogP contribution in [-0.4, -0.2) is 20.6 Å². The first-order chi connectivity index (χ1) is 7.16. The Bertz CT molecular complexity index is 358. The smallest absolute Gasteiger partial charge is 0.343 e. The lowest BCUT2D eigenvalue weighted by atomic mass is 10.4. The molecule has 1 aromatic rings. The molecule has 0 amide bonds. The van der Waals surface area contributed by atoms with Gasteiger partial charge in [-0.3, -0.25) is 10.1 Å². The molecule has 0 atom stereocenters. The Labute approximate surface area is 91.4 Å². The topological polar surface area (TPSA) is 94.9 Å². The number of aromatic nitrogens is 2. The van der Waals surface area contributed by atoms with Crippen molar-refractivity contribution < 1.29 is 4.92 Å². The van der Waals surface area contributed by atoms with Gasteiger partial charge in [-0.2, -0.15) is 0 Å². The van der Waals surface area contributed by atoms with Crippen molar-refractivity contribution in [1.29, 1.82) is 0 Å². The quantitative estimate of drug-likeness (QED) is 0.272. The number of unbranched alkanes of at least 4 members (excludes halogenated alkanes) is 1. The first-order valence-electron chi connectivity index (χ1n) is 4.54. The molecule has 0 aromatic carbocycles. The van der Waals surface area contributed by atoms with Gasteiger partial charge < -0.3 is 5.73 Å². The summed E-state index contributed by atoms with van der Waals surface area (Å²) in [6, 6.07) is 0. The lowest BCUT2D eigenvalue weighted by Crippen LogP contribution is -2.02. The normalized spacial score (nSPS) is 10.2. The predicted octanol–water partition coefficient (Wildman–Crippen LogP) is 1.86. The molecule has 0 saturated carbocycles. The maximum Gasteiger partial charge on any atom is 0.343 e. The Kier molecular flexibility index (Phi) is 4.29. The first kappa shape index (κ1) is 11.7. The molecule has 0 aliphatic carbocycles. The van der Waals surface area contributed by atoms with Crippen LogP contribution >= 0.6 is 11.8 Å². The predicted molar refractivity (Wildman–Crippen MR) is 58.7 cm³/mol. The van der Waals surface area contributed by atoms with Crippen LogP contribution in [0.15, 0.2) is 11.4 Å². The van der Waals surface area contributed by atoms with Crippen molar-refractivity contribution in [3.8, 4) is 0 Å². The minimum atomic E-state index is -0.538. The highest BCUT2D eigenvalue weighted by Gasteiger charge is 2.20. The van der Waals surface area contributed by atoms with E-state index in [0.717, 1.165) is 18.6 Å². The lowest BCUT2D eigenvalue weighted by Gasteiger charge is -2.01. The van der Waals surface area contributed by atoms with Crippen LogP contribution in [0, 0.1) is 10.1 Å². The molecule has 0 bridgehead atoms. The minimum absolute atomic E-state index is 0.0750. The number of nitrogens with two attached hydrogens (primary N) is 1. The van der Waals surface area contributed by atoms with Gasteiger partial charge in [-0.05, 0) is 12.2 Å². The Morgan fingerprint density at radius 1 is 1.60 bits per heavy atom. The molecule has 0 spiro atoms. The molecular weight excluding hydrogens is 216 g/mol. The van der Waals surface area contributed by atoms with Crippen LogP contribution in [0.3, 0.4) is 0 Å². The molecule has 15 heavy (non-hydrogen) atoms. The van der Waals surface area contributed by atoms with Crippen molar-refractivity contribution >= 4 is 23.3 Å². The van der Waals surface area contributed by atoms with E-state index in [2.05, 4.69) is 16.9 Å². The van der Waals surface area contributed by atoms with E-state index in [1.807, 2.05) is 0 Å². The maximum absolute atomic E-state index is 10.7. The molecule has 1 rings (SSSR count). The van der Waals surface area contributed by atoms with Gasteiger partial charge in [0.05, 0.1) is 4.92 Å². The highest BCUT2D eigenvalue weighted by Crippen LogP contribution is 2.30. The zero-order valence-electron chi connectivity index (χ0n) is 8.34. The number of hydrogen-bond acceptors (Lipinski definition) is 6. The number of nitrogen functional groups attached to an aromatic ring is 1. The van der Waals surface area contributed by atoms with E-state index in [0.29, 0.717) is 5.03 Å². The summed E-state index contributed by atoms with van der Waals surface area (Å²) in [5, 5.41) is 11.1. The van der Waals surface area contributed by atoms with Gasteiger partial charge in [-0.15, -0.1) is 0 Å². The molecular formula is C8H12N4O2S. The van der Waals surface area contributed by atoms with E-state index in [4.69, 9.17) is 5.73 Å². The van der Waals surface area contributed by atoms with E-state index in [9.17, 15) is 10.1 Å². The van der Waals surface area contributed by atoms with Crippen molar-refractivity contribution in [2.24, 2.45) is 0 Å². The van der Waals surface area contributed by atoms with Crippen LogP contribution in [0.25, 0.3) is 0 Å². The number of nitro groups is 1. The van der Waals surface area contributed by atoms with Crippen molar-refractivity contribution in [2.45, 2.75) is 24.8 Å². The van der Waals surface area contributed by atoms with E-state index in [-0.39, 0.29) is 11.5 Å². The Morgan fingerprint density at radius 2 is 2.33 bits per heavy atom. The Hall–Kier alpha value is -1.37. The zero-order valence-corrected chi connectivity index (χ0v) is 9.16. The van der Waals surface area contributed by atoms with Crippen LogP contribution in [0.4, 0.5) is 11.5 Å². The lowest BCUT2D eigenvalue weighted by molar-refractivity contribution is -0.387. The largest absolute Gasteiger partial charge is 0.378 e. The average Bonchev–Trinajstić information content (AvgIpc) is 2.17. The van der Waals surface area contributed by atoms with E-state index in [1.54, 1.807) is 0 Å². The van der Waals surface area contributed by atoms with Crippen LogP contribution in [0.5, 0.6) is 0 Å². The summed E-state index contributed by atoms with van der Waals surface area (Å²) in [7, 11) is 0. The summed E-state index contributed by atoms with van der Waals surface area (Å²) >= 11 is 1.34. The second-order valence-corrected chi connectivity index (χ2v) is 3.96. The summed E-state index contributed by atoms with van der Waals surface area (Å²) in [5.74, 6) is 0.724. The van der Waals surface area contributed by atoms with E-state index >= 15 is 0 Å². The fourth-order valence-corrected chi connectivity index (χ4v) is 2.03. The highest BCUT2D eigenvalue weighted by molar-refractivity contribution is 7.99. The van der Waals surface area contributed by atoms with Crippen LogP contribution in [-0.2, 0) is 0 Å².